The van der Waals surface area contributed by atoms with Crippen LogP contribution >= 0.6 is 0 Å². The molecule has 34 heavy (non-hydrogen) atoms. The summed E-state index contributed by atoms with van der Waals surface area (Å²) in [6, 6.07) is 8.78. The fourth-order valence-electron chi connectivity index (χ4n) is 4.24. The standard InChI is InChI=1S/C23H26F2N4O4S/c1-2-27-6-8-28(9-7-27)34(32,33)21-5-3-4-19(14-21)26-23(31)16-10-22(30)29(15-16)20-12-17(24)11-18(25)13-20/h3-5,11-14,16H,2,6-10,15H2,1H3,(H,26,31). The fourth-order valence-corrected chi connectivity index (χ4v) is 5.71. The van der Waals surface area contributed by atoms with Gasteiger partial charge in [-0.2, -0.15) is 4.31 Å². The first-order chi connectivity index (χ1) is 16.2. The molecular formula is C23H26F2N4O4S. The van der Waals surface area contributed by atoms with E-state index in [1.807, 2.05) is 6.92 Å². The summed E-state index contributed by atoms with van der Waals surface area (Å²) in [6.45, 7) is 4.98. The molecular weight excluding hydrogens is 466 g/mol. The molecule has 0 radical (unpaired) electrons. The van der Waals surface area contributed by atoms with Gasteiger partial charge in [-0.3, -0.25) is 9.59 Å². The molecule has 2 fully saturated rings. The lowest BCUT2D eigenvalue weighted by molar-refractivity contribution is -0.122. The Kier molecular flexibility index (Phi) is 6.96. The molecule has 2 aliphatic rings. The lowest BCUT2D eigenvalue weighted by Gasteiger charge is -2.33. The first kappa shape index (κ1) is 24.2. The molecule has 2 aromatic carbocycles. The number of hydrogen-bond acceptors (Lipinski definition) is 5. The Bertz CT molecular complexity index is 1180. The Morgan fingerprint density at radius 1 is 1.06 bits per heavy atom. The third-order valence-corrected chi connectivity index (χ3v) is 8.07. The summed E-state index contributed by atoms with van der Waals surface area (Å²) in [5.41, 5.74) is 0.343. The highest BCUT2D eigenvalue weighted by atomic mass is 32.2. The number of anilines is 2. The van der Waals surface area contributed by atoms with Crippen LogP contribution in [-0.4, -0.2) is 68.7 Å². The average Bonchev–Trinajstić information content (AvgIpc) is 3.20. The highest BCUT2D eigenvalue weighted by Gasteiger charge is 2.36. The minimum absolute atomic E-state index is 0.0345. The minimum Gasteiger partial charge on any atom is -0.326 e. The third-order valence-electron chi connectivity index (χ3n) is 6.17. The highest BCUT2D eigenvalue weighted by molar-refractivity contribution is 7.89. The first-order valence-electron chi connectivity index (χ1n) is 11.1. The number of hydrogen-bond donors (Lipinski definition) is 1. The zero-order chi connectivity index (χ0) is 24.5. The van der Waals surface area contributed by atoms with Gasteiger partial charge in [0.25, 0.3) is 0 Å². The predicted molar refractivity (Wildman–Crippen MR) is 123 cm³/mol. The lowest BCUT2D eigenvalue weighted by atomic mass is 10.1. The van der Waals surface area contributed by atoms with Crippen molar-refractivity contribution in [1.29, 1.82) is 0 Å². The van der Waals surface area contributed by atoms with Gasteiger partial charge in [0.2, 0.25) is 21.8 Å². The van der Waals surface area contributed by atoms with Gasteiger partial charge in [-0.15, -0.1) is 0 Å². The summed E-state index contributed by atoms with van der Waals surface area (Å²) in [6.07, 6.45) is -0.121. The molecule has 182 valence electrons. The van der Waals surface area contributed by atoms with Crippen molar-refractivity contribution < 1.29 is 26.8 Å². The Morgan fingerprint density at radius 2 is 1.74 bits per heavy atom. The Balaban J connectivity index is 1.44. The molecule has 11 heteroatoms. The fraction of sp³-hybridized carbons (Fsp3) is 0.391. The SMILES string of the molecule is CCN1CCN(S(=O)(=O)c2cccc(NC(=O)C3CC(=O)N(c4cc(F)cc(F)c4)C3)c2)CC1. The van der Waals surface area contributed by atoms with E-state index in [-0.39, 0.29) is 23.5 Å². The van der Waals surface area contributed by atoms with Gasteiger partial charge in [-0.25, -0.2) is 17.2 Å². The van der Waals surface area contributed by atoms with Crippen molar-refractivity contribution in [3.63, 3.8) is 0 Å². The summed E-state index contributed by atoms with van der Waals surface area (Å²) in [7, 11) is -3.71. The van der Waals surface area contributed by atoms with Crippen molar-refractivity contribution in [3.05, 3.63) is 54.1 Å². The molecule has 0 bridgehead atoms. The van der Waals surface area contributed by atoms with Crippen molar-refractivity contribution in [2.75, 3.05) is 49.5 Å². The highest BCUT2D eigenvalue weighted by Crippen LogP contribution is 2.28. The van der Waals surface area contributed by atoms with Crippen LogP contribution in [0.1, 0.15) is 13.3 Å². The maximum atomic E-state index is 13.5. The van der Waals surface area contributed by atoms with Gasteiger partial charge in [0.15, 0.2) is 0 Å². The Hall–Kier alpha value is -2.89. The van der Waals surface area contributed by atoms with Gasteiger partial charge < -0.3 is 15.1 Å². The Labute approximate surface area is 197 Å². The number of likely N-dealkylation sites (N-methyl/N-ethyl adjacent to an activating group) is 1. The molecule has 2 heterocycles. The molecule has 0 saturated carbocycles. The van der Waals surface area contributed by atoms with Gasteiger partial charge in [0.05, 0.1) is 10.8 Å². The smallest absolute Gasteiger partial charge is 0.243 e. The van der Waals surface area contributed by atoms with Crippen LogP contribution in [0.25, 0.3) is 0 Å². The van der Waals surface area contributed by atoms with Crippen LogP contribution in [0.4, 0.5) is 20.2 Å². The number of nitrogens with one attached hydrogen (secondary N) is 1. The van der Waals surface area contributed by atoms with Crippen LogP contribution in [0.3, 0.4) is 0 Å². The normalized spacial score (nSPS) is 20.0. The average molecular weight is 493 g/mol. The zero-order valence-electron chi connectivity index (χ0n) is 18.7. The second-order valence-electron chi connectivity index (χ2n) is 8.39. The lowest BCUT2D eigenvalue weighted by Crippen LogP contribution is -2.48. The van der Waals surface area contributed by atoms with Crippen LogP contribution in [0.5, 0.6) is 0 Å². The molecule has 0 aliphatic carbocycles. The van der Waals surface area contributed by atoms with Gasteiger partial charge in [-0.1, -0.05) is 13.0 Å². The number of rotatable bonds is 6. The van der Waals surface area contributed by atoms with Crippen molar-refractivity contribution >= 4 is 33.2 Å². The van der Waals surface area contributed by atoms with Crippen molar-refractivity contribution in [2.24, 2.45) is 5.92 Å². The molecule has 2 aromatic rings. The third kappa shape index (κ3) is 5.11. The monoisotopic (exact) mass is 492 g/mol. The number of halogens is 2. The molecule has 1 unspecified atom stereocenters. The van der Waals surface area contributed by atoms with E-state index in [0.29, 0.717) is 37.9 Å². The summed E-state index contributed by atoms with van der Waals surface area (Å²) < 4.78 is 54.6. The van der Waals surface area contributed by atoms with Crippen molar-refractivity contribution in [3.8, 4) is 0 Å². The van der Waals surface area contributed by atoms with Gasteiger partial charge in [-0.05, 0) is 36.9 Å². The molecule has 2 aliphatic heterocycles. The minimum atomic E-state index is -3.71. The number of carbonyl (C=O) groups excluding carboxylic acids is 2. The van der Waals surface area contributed by atoms with E-state index in [1.54, 1.807) is 12.1 Å². The van der Waals surface area contributed by atoms with Gasteiger partial charge in [0, 0.05) is 56.6 Å². The first-order valence-corrected chi connectivity index (χ1v) is 12.5. The maximum Gasteiger partial charge on any atom is 0.243 e. The van der Waals surface area contributed by atoms with Crippen molar-refractivity contribution in [2.45, 2.75) is 18.2 Å². The largest absolute Gasteiger partial charge is 0.326 e. The van der Waals surface area contributed by atoms with Crippen LogP contribution in [-0.2, 0) is 19.6 Å². The van der Waals surface area contributed by atoms with E-state index in [0.717, 1.165) is 18.7 Å². The van der Waals surface area contributed by atoms with E-state index in [9.17, 15) is 26.8 Å². The number of amides is 2. The Morgan fingerprint density at radius 3 is 2.38 bits per heavy atom. The van der Waals surface area contributed by atoms with Crippen LogP contribution in [0, 0.1) is 17.6 Å². The summed E-state index contributed by atoms with van der Waals surface area (Å²) in [5.74, 6) is -3.28. The molecule has 1 N–H and O–H groups in total. The molecule has 1 atom stereocenters. The van der Waals surface area contributed by atoms with Crippen LogP contribution in [0.2, 0.25) is 0 Å². The second-order valence-corrected chi connectivity index (χ2v) is 10.3. The van der Waals surface area contributed by atoms with Crippen LogP contribution < -0.4 is 10.2 Å². The topological polar surface area (TPSA) is 90.0 Å². The van der Waals surface area contributed by atoms with E-state index >= 15 is 0 Å². The summed E-state index contributed by atoms with van der Waals surface area (Å²) in [5, 5.41) is 2.67. The van der Waals surface area contributed by atoms with Gasteiger partial charge in [0.1, 0.15) is 11.6 Å². The van der Waals surface area contributed by atoms with E-state index in [2.05, 4.69) is 10.2 Å². The molecule has 4 rings (SSSR count). The number of piperazine rings is 1. The quantitative estimate of drug-likeness (QED) is 0.668. The number of nitrogens with zero attached hydrogens (tertiary/aromatic N) is 3. The zero-order valence-corrected chi connectivity index (χ0v) is 19.5. The summed E-state index contributed by atoms with van der Waals surface area (Å²) in [4.78, 5) is 28.6. The number of sulfonamides is 1. The molecule has 0 spiro atoms. The molecule has 8 nitrogen and oxygen atoms in total. The van der Waals surface area contributed by atoms with E-state index in [1.165, 1.54) is 21.3 Å². The van der Waals surface area contributed by atoms with Gasteiger partial charge >= 0.3 is 0 Å². The molecule has 2 saturated heterocycles. The predicted octanol–water partition coefficient (Wildman–Crippen LogP) is 2.28. The maximum absolute atomic E-state index is 13.5. The second kappa shape index (κ2) is 9.77. The summed E-state index contributed by atoms with van der Waals surface area (Å²) >= 11 is 0. The van der Waals surface area contributed by atoms with Crippen molar-refractivity contribution in [1.82, 2.24) is 9.21 Å². The van der Waals surface area contributed by atoms with E-state index < -0.39 is 39.4 Å². The number of carbonyl (C=O) groups is 2. The molecule has 2 amide bonds. The van der Waals surface area contributed by atoms with E-state index in [4.69, 9.17) is 0 Å². The number of benzene rings is 2. The van der Waals surface area contributed by atoms with Crippen LogP contribution in [0.15, 0.2) is 47.4 Å². The molecule has 0 aromatic heterocycles.